The molecule has 0 aromatic heterocycles. The van der Waals surface area contributed by atoms with Crippen molar-refractivity contribution in [2.24, 2.45) is 9.98 Å². The van der Waals surface area contributed by atoms with E-state index in [4.69, 9.17) is 4.74 Å². The first-order valence-electron chi connectivity index (χ1n) is 12.2. The minimum absolute atomic E-state index is 0.276. The van der Waals surface area contributed by atoms with Crippen LogP contribution >= 0.6 is 0 Å². The normalized spacial score (nSPS) is 14.3. The maximum absolute atomic E-state index is 12.1. The fourth-order valence-electron chi connectivity index (χ4n) is 4.01. The lowest BCUT2D eigenvalue weighted by molar-refractivity contribution is -0.111. The van der Waals surface area contributed by atoms with Crippen molar-refractivity contribution in [2.75, 3.05) is 60.8 Å². The van der Waals surface area contributed by atoms with Gasteiger partial charge in [0.05, 0.1) is 35.5 Å². The first kappa shape index (κ1) is 26.5. The molecule has 198 valence electrons. The lowest BCUT2D eigenvalue weighted by atomic mass is 10.2. The van der Waals surface area contributed by atoms with E-state index in [0.717, 1.165) is 35.7 Å². The molecule has 1 aliphatic heterocycles. The number of hydrogen-bond donors (Lipinski definition) is 3. The van der Waals surface area contributed by atoms with Crippen molar-refractivity contribution < 1.29 is 9.53 Å². The molecule has 1 fully saturated rings. The molecule has 38 heavy (non-hydrogen) atoms. The van der Waals surface area contributed by atoms with E-state index in [2.05, 4.69) is 56.3 Å². The van der Waals surface area contributed by atoms with Crippen molar-refractivity contribution in [3.63, 3.8) is 0 Å². The van der Waals surface area contributed by atoms with E-state index < -0.39 is 0 Å². The lowest BCUT2D eigenvalue weighted by Crippen LogP contribution is -2.33. The first-order chi connectivity index (χ1) is 18.4. The van der Waals surface area contributed by atoms with Crippen LogP contribution in [0.1, 0.15) is 12.8 Å². The number of para-hydroxylation sites is 2. The summed E-state index contributed by atoms with van der Waals surface area (Å²) in [4.78, 5) is 22.9. The summed E-state index contributed by atoms with van der Waals surface area (Å²) in [5.74, 6) is 2.05. The van der Waals surface area contributed by atoms with Gasteiger partial charge >= 0.3 is 0 Å². The quantitative estimate of drug-likeness (QED) is 0.228. The molecular formula is C28H34N8O2. The molecular weight excluding hydrogens is 480 g/mol. The van der Waals surface area contributed by atoms with Gasteiger partial charge in [0.2, 0.25) is 5.91 Å². The van der Waals surface area contributed by atoms with Crippen LogP contribution in [0.2, 0.25) is 0 Å². The molecule has 0 bridgehead atoms. The van der Waals surface area contributed by atoms with Crippen LogP contribution in [0.3, 0.4) is 0 Å². The Morgan fingerprint density at radius 3 is 2.63 bits per heavy atom. The summed E-state index contributed by atoms with van der Waals surface area (Å²) >= 11 is 0. The molecule has 4 rings (SSSR count). The van der Waals surface area contributed by atoms with Crippen LogP contribution in [0.15, 0.2) is 82.3 Å². The average molecular weight is 515 g/mol. The molecule has 2 aromatic rings. The monoisotopic (exact) mass is 514 g/mol. The van der Waals surface area contributed by atoms with Gasteiger partial charge in [0.25, 0.3) is 0 Å². The SMILES string of the molecule is C=CC(=O)Nc1cc(NC/N=C\C=C(/N=C)N2C(=C3CC3)Nc3ccccc32)c(OC)cc1N(C)N(C)C. The number of fused-ring (bicyclic) bond motifs is 1. The number of hydrazine groups is 1. The smallest absolute Gasteiger partial charge is 0.247 e. The summed E-state index contributed by atoms with van der Waals surface area (Å²) in [5, 5.41) is 13.4. The number of rotatable bonds is 11. The van der Waals surface area contributed by atoms with Gasteiger partial charge in [-0.05, 0) is 55.5 Å². The van der Waals surface area contributed by atoms with E-state index in [-0.39, 0.29) is 12.6 Å². The molecule has 1 amide bonds. The molecule has 2 aliphatic rings. The van der Waals surface area contributed by atoms with E-state index in [1.165, 1.54) is 11.6 Å². The predicted molar refractivity (Wildman–Crippen MR) is 157 cm³/mol. The van der Waals surface area contributed by atoms with Crippen LogP contribution in [0.5, 0.6) is 5.75 Å². The number of ether oxygens (including phenoxy) is 1. The largest absolute Gasteiger partial charge is 0.495 e. The zero-order valence-electron chi connectivity index (χ0n) is 22.3. The van der Waals surface area contributed by atoms with Gasteiger partial charge in [0, 0.05) is 33.4 Å². The second kappa shape index (κ2) is 11.7. The zero-order valence-corrected chi connectivity index (χ0v) is 22.3. The van der Waals surface area contributed by atoms with Crippen LogP contribution in [0, 0.1) is 0 Å². The van der Waals surface area contributed by atoms with Gasteiger partial charge in [-0.15, -0.1) is 0 Å². The third-order valence-electron chi connectivity index (χ3n) is 6.25. The second-order valence-corrected chi connectivity index (χ2v) is 8.91. The van der Waals surface area contributed by atoms with Gasteiger partial charge in [0.15, 0.2) is 0 Å². The Hall–Kier alpha value is -4.57. The van der Waals surface area contributed by atoms with Crippen molar-refractivity contribution in [3.05, 3.63) is 72.3 Å². The van der Waals surface area contributed by atoms with E-state index in [1.54, 1.807) is 13.3 Å². The van der Waals surface area contributed by atoms with Gasteiger partial charge < -0.3 is 25.7 Å². The fourth-order valence-corrected chi connectivity index (χ4v) is 4.01. The highest BCUT2D eigenvalue weighted by Crippen LogP contribution is 2.45. The van der Waals surface area contributed by atoms with Crippen LogP contribution in [0.25, 0.3) is 0 Å². The standard InChI is InChI=1S/C28H34N8O2/c1-7-27(37)32-21-16-22(25(38-6)17-24(21)35(5)34(3)4)31-18-30-15-14-26(29-2)36-23-11-9-8-10-20(23)33-28(36)19-12-13-19/h7-11,14-17,31,33H,1-2,12-13,18H2,3-6H3,(H,32,37)/b26-14+,30-15-. The predicted octanol–water partition coefficient (Wildman–Crippen LogP) is 4.65. The molecule has 0 saturated heterocycles. The van der Waals surface area contributed by atoms with Gasteiger partial charge in [-0.3, -0.25) is 14.7 Å². The Morgan fingerprint density at radius 2 is 1.97 bits per heavy atom. The number of nitrogens with one attached hydrogen (secondary N) is 3. The Labute approximate surface area is 223 Å². The van der Waals surface area contributed by atoms with E-state index in [1.807, 2.05) is 61.5 Å². The highest BCUT2D eigenvalue weighted by atomic mass is 16.5. The Kier molecular flexibility index (Phi) is 8.12. The maximum atomic E-state index is 12.1. The minimum atomic E-state index is -0.305. The molecule has 3 N–H and O–H groups in total. The number of nitrogens with zero attached hydrogens (tertiary/aromatic N) is 5. The molecule has 2 aromatic carbocycles. The number of anilines is 5. The summed E-state index contributed by atoms with van der Waals surface area (Å²) < 4.78 is 5.61. The second-order valence-electron chi connectivity index (χ2n) is 8.91. The van der Waals surface area contributed by atoms with Gasteiger partial charge in [-0.1, -0.05) is 18.7 Å². The number of hydrogen-bond acceptors (Lipinski definition) is 9. The van der Waals surface area contributed by atoms with E-state index >= 15 is 0 Å². The highest BCUT2D eigenvalue weighted by Gasteiger charge is 2.32. The summed E-state index contributed by atoms with van der Waals surface area (Å²) in [5.41, 5.74) is 5.50. The highest BCUT2D eigenvalue weighted by molar-refractivity contribution is 6.02. The van der Waals surface area contributed by atoms with E-state index in [0.29, 0.717) is 22.9 Å². The molecule has 1 aliphatic carbocycles. The maximum Gasteiger partial charge on any atom is 0.247 e. The first-order valence-corrected chi connectivity index (χ1v) is 12.2. The molecule has 1 saturated carbocycles. The van der Waals surface area contributed by atoms with E-state index in [9.17, 15) is 4.79 Å². The van der Waals surface area contributed by atoms with Crippen molar-refractivity contribution in [2.45, 2.75) is 12.8 Å². The Balaban J connectivity index is 1.53. The summed E-state index contributed by atoms with van der Waals surface area (Å²) in [6.07, 6.45) is 6.93. The summed E-state index contributed by atoms with van der Waals surface area (Å²) in [6.45, 7) is 7.61. The lowest BCUT2D eigenvalue weighted by Gasteiger charge is -2.29. The number of amides is 1. The molecule has 0 spiro atoms. The average Bonchev–Trinajstić information content (AvgIpc) is 3.70. The zero-order chi connectivity index (χ0) is 27.2. The van der Waals surface area contributed by atoms with Gasteiger partial charge in [-0.2, -0.15) is 0 Å². The minimum Gasteiger partial charge on any atom is -0.495 e. The molecule has 0 atom stereocenters. The fraction of sp³-hybridized carbons (Fsp3) is 0.250. The number of carbonyl (C=O) groups excluding carboxylic acids is 1. The number of benzene rings is 2. The van der Waals surface area contributed by atoms with Crippen LogP contribution < -0.4 is 30.6 Å². The third kappa shape index (κ3) is 5.70. The van der Waals surface area contributed by atoms with Crippen LogP contribution in [-0.2, 0) is 4.79 Å². The molecule has 10 nitrogen and oxygen atoms in total. The third-order valence-corrected chi connectivity index (χ3v) is 6.25. The number of carbonyl (C=O) groups is 1. The summed E-state index contributed by atoms with van der Waals surface area (Å²) in [6, 6.07) is 11.8. The van der Waals surface area contributed by atoms with Crippen molar-refractivity contribution in [1.82, 2.24) is 5.01 Å². The molecule has 0 unspecified atom stereocenters. The van der Waals surface area contributed by atoms with Gasteiger partial charge in [-0.25, -0.2) is 10.0 Å². The number of methoxy groups -OCH3 is 1. The number of aliphatic imine (C=N–C) groups is 2. The van der Waals surface area contributed by atoms with Crippen molar-refractivity contribution >= 4 is 47.3 Å². The molecule has 0 radical (unpaired) electrons. The summed E-state index contributed by atoms with van der Waals surface area (Å²) in [7, 11) is 7.32. The Bertz CT molecular complexity index is 1320. The van der Waals surface area contributed by atoms with Crippen LogP contribution in [0.4, 0.5) is 28.4 Å². The topological polar surface area (TPSA) is 96.8 Å². The van der Waals surface area contributed by atoms with Gasteiger partial charge in [0.1, 0.15) is 24.1 Å². The Morgan fingerprint density at radius 1 is 1.21 bits per heavy atom. The number of allylic oxidation sites excluding steroid dienone is 2. The molecule has 10 heteroatoms. The molecule has 1 heterocycles. The van der Waals surface area contributed by atoms with Crippen molar-refractivity contribution in [3.8, 4) is 5.75 Å². The van der Waals surface area contributed by atoms with Crippen molar-refractivity contribution in [1.29, 1.82) is 0 Å². The van der Waals surface area contributed by atoms with Crippen LogP contribution in [-0.4, -0.2) is 58.8 Å².